The normalized spacial score (nSPS) is 11.7. The van der Waals surface area contributed by atoms with E-state index in [2.05, 4.69) is 167 Å². The molecule has 202 valence electrons. The van der Waals surface area contributed by atoms with Crippen molar-refractivity contribution in [2.24, 2.45) is 0 Å². The summed E-state index contributed by atoms with van der Waals surface area (Å²) in [6.07, 6.45) is 0. The Bertz CT molecular complexity index is 2450. The molecule has 0 saturated carbocycles. The van der Waals surface area contributed by atoms with Crippen LogP contribution in [0.25, 0.3) is 57.6 Å². The molecule has 0 aliphatic heterocycles. The van der Waals surface area contributed by atoms with Gasteiger partial charge in [-0.2, -0.15) is 0 Å². The molecule has 2 aromatic heterocycles. The van der Waals surface area contributed by atoms with Crippen LogP contribution in [0.3, 0.4) is 0 Å². The van der Waals surface area contributed by atoms with E-state index in [1.54, 1.807) is 0 Å². The molecule has 9 aromatic rings. The number of anilines is 3. The van der Waals surface area contributed by atoms with Gasteiger partial charge in [0.05, 0.1) is 0 Å². The second-order valence-electron chi connectivity index (χ2n) is 11.0. The molecule has 0 N–H and O–H groups in total. The number of hydrogen-bond acceptors (Lipinski definition) is 1. The van der Waals surface area contributed by atoms with Crippen LogP contribution < -0.4 is 4.90 Å². The molecular formula is C40H26N2Se. The first-order chi connectivity index (χ1) is 21.3. The topological polar surface area (TPSA) is 8.17 Å². The Morgan fingerprint density at radius 1 is 0.465 bits per heavy atom. The Balaban J connectivity index is 1.35. The number of para-hydroxylation sites is 4. The van der Waals surface area contributed by atoms with Crippen LogP contribution in [0.1, 0.15) is 0 Å². The predicted molar refractivity (Wildman–Crippen MR) is 185 cm³/mol. The van der Waals surface area contributed by atoms with E-state index in [-0.39, 0.29) is 14.5 Å². The SMILES string of the molecule is c1ccc(N(c2ccc3c(c2)[se]c2c4ccccc4ccc32)c2cccc3c4ccccc4n(-c4ccccc4)c23)cc1. The molecule has 0 aliphatic carbocycles. The van der Waals surface area contributed by atoms with Crippen LogP contribution in [-0.2, 0) is 0 Å². The first-order valence-electron chi connectivity index (χ1n) is 14.6. The van der Waals surface area contributed by atoms with Gasteiger partial charge in [0.15, 0.2) is 0 Å². The first kappa shape index (κ1) is 24.5. The van der Waals surface area contributed by atoms with Crippen molar-refractivity contribution in [2.75, 3.05) is 4.90 Å². The van der Waals surface area contributed by atoms with Gasteiger partial charge in [-0.05, 0) is 0 Å². The Labute approximate surface area is 255 Å². The summed E-state index contributed by atoms with van der Waals surface area (Å²) in [5.74, 6) is 0. The summed E-state index contributed by atoms with van der Waals surface area (Å²) in [6.45, 7) is 0. The Kier molecular flexibility index (Phi) is 5.55. The average Bonchev–Trinajstić information content (AvgIpc) is 3.62. The maximum absolute atomic E-state index is 2.44. The second kappa shape index (κ2) is 9.74. The summed E-state index contributed by atoms with van der Waals surface area (Å²) < 4.78 is 5.36. The Morgan fingerprint density at radius 2 is 1.16 bits per heavy atom. The minimum absolute atomic E-state index is 0.231. The van der Waals surface area contributed by atoms with Crippen molar-refractivity contribution in [3.8, 4) is 5.69 Å². The fraction of sp³-hybridized carbons (Fsp3) is 0. The van der Waals surface area contributed by atoms with Crippen LogP contribution in [0.2, 0.25) is 0 Å². The molecule has 2 heterocycles. The van der Waals surface area contributed by atoms with Crippen LogP contribution >= 0.6 is 0 Å². The number of aromatic nitrogens is 1. The summed E-state index contributed by atoms with van der Waals surface area (Å²) >= 11 is 0.231. The van der Waals surface area contributed by atoms with E-state index in [0.29, 0.717) is 0 Å². The fourth-order valence-electron chi connectivity index (χ4n) is 6.66. The molecular weight excluding hydrogens is 587 g/mol. The number of hydrogen-bond donors (Lipinski definition) is 0. The maximum atomic E-state index is 2.44. The van der Waals surface area contributed by atoms with Crippen molar-refractivity contribution in [2.45, 2.75) is 0 Å². The molecule has 0 unspecified atom stereocenters. The van der Waals surface area contributed by atoms with E-state index < -0.39 is 0 Å². The third-order valence-corrected chi connectivity index (χ3v) is 11.1. The summed E-state index contributed by atoms with van der Waals surface area (Å²) in [5.41, 5.74) is 7.07. The zero-order chi connectivity index (χ0) is 28.3. The molecule has 0 amide bonds. The molecule has 0 atom stereocenters. The van der Waals surface area contributed by atoms with E-state index in [9.17, 15) is 0 Å². The first-order valence-corrected chi connectivity index (χ1v) is 16.3. The summed E-state index contributed by atoms with van der Waals surface area (Å²) in [7, 11) is 0. The standard InChI is InChI=1S/C40H26N2Se/c1-3-13-28(14-4-1)41(30-23-25-33-35-24-22-27-12-7-8-17-31(27)40(35)43-38(33)26-30)37-21-11-19-34-32-18-9-10-20-36(32)42(39(34)37)29-15-5-2-6-16-29/h1-26H. The monoisotopic (exact) mass is 614 g/mol. The fourth-order valence-corrected chi connectivity index (χ4v) is 9.33. The molecule has 0 radical (unpaired) electrons. The van der Waals surface area contributed by atoms with Gasteiger partial charge in [-0.3, -0.25) is 0 Å². The van der Waals surface area contributed by atoms with Gasteiger partial charge in [0.25, 0.3) is 0 Å². The van der Waals surface area contributed by atoms with E-state index in [1.807, 2.05) is 0 Å². The van der Waals surface area contributed by atoms with Gasteiger partial charge >= 0.3 is 256 Å². The number of benzene rings is 7. The molecule has 9 rings (SSSR count). The van der Waals surface area contributed by atoms with Gasteiger partial charge in [-0.25, -0.2) is 0 Å². The summed E-state index contributed by atoms with van der Waals surface area (Å²) in [4.78, 5) is 2.44. The third-order valence-electron chi connectivity index (χ3n) is 8.55. The van der Waals surface area contributed by atoms with Crippen molar-refractivity contribution in [3.05, 3.63) is 158 Å². The second-order valence-corrected chi connectivity index (χ2v) is 13.2. The van der Waals surface area contributed by atoms with Crippen LogP contribution in [0, 0.1) is 0 Å². The van der Waals surface area contributed by atoms with Crippen molar-refractivity contribution < 1.29 is 0 Å². The molecule has 0 aliphatic rings. The van der Waals surface area contributed by atoms with Gasteiger partial charge in [0, 0.05) is 0 Å². The predicted octanol–water partition coefficient (Wildman–Crippen LogP) is 10.8. The number of nitrogens with zero attached hydrogens (tertiary/aromatic N) is 2. The van der Waals surface area contributed by atoms with Gasteiger partial charge in [-0.15, -0.1) is 0 Å². The average molecular weight is 614 g/mol. The molecule has 7 aromatic carbocycles. The zero-order valence-corrected chi connectivity index (χ0v) is 25.0. The van der Waals surface area contributed by atoms with Crippen LogP contribution in [0.4, 0.5) is 17.1 Å². The quantitative estimate of drug-likeness (QED) is 0.179. The molecule has 43 heavy (non-hydrogen) atoms. The summed E-state index contributed by atoms with van der Waals surface area (Å²) in [6, 6.07) is 57.5. The van der Waals surface area contributed by atoms with E-state index >= 15 is 0 Å². The van der Waals surface area contributed by atoms with Crippen LogP contribution in [-0.4, -0.2) is 19.1 Å². The number of fused-ring (bicyclic) bond motifs is 8. The molecule has 3 heteroatoms. The van der Waals surface area contributed by atoms with E-state index in [1.165, 1.54) is 57.6 Å². The Hall–Kier alpha value is -5.08. The van der Waals surface area contributed by atoms with Crippen molar-refractivity contribution >= 4 is 83.4 Å². The minimum atomic E-state index is 0.231. The molecule has 0 saturated heterocycles. The van der Waals surface area contributed by atoms with Crippen LogP contribution in [0.5, 0.6) is 0 Å². The van der Waals surface area contributed by atoms with E-state index in [0.717, 1.165) is 17.1 Å². The van der Waals surface area contributed by atoms with Gasteiger partial charge < -0.3 is 0 Å². The molecule has 2 nitrogen and oxygen atoms in total. The van der Waals surface area contributed by atoms with Gasteiger partial charge in [0.1, 0.15) is 0 Å². The molecule has 0 bridgehead atoms. The van der Waals surface area contributed by atoms with Crippen molar-refractivity contribution in [3.63, 3.8) is 0 Å². The number of rotatable bonds is 4. The zero-order valence-electron chi connectivity index (χ0n) is 23.3. The van der Waals surface area contributed by atoms with Crippen molar-refractivity contribution in [1.29, 1.82) is 0 Å². The molecule has 0 spiro atoms. The van der Waals surface area contributed by atoms with Gasteiger partial charge in [-0.1, -0.05) is 0 Å². The third kappa shape index (κ3) is 3.79. The van der Waals surface area contributed by atoms with Crippen molar-refractivity contribution in [1.82, 2.24) is 4.57 Å². The summed E-state index contributed by atoms with van der Waals surface area (Å²) in [5, 5.41) is 7.97. The van der Waals surface area contributed by atoms with Crippen LogP contribution in [0.15, 0.2) is 158 Å². The Morgan fingerprint density at radius 3 is 2.02 bits per heavy atom. The molecule has 0 fully saturated rings. The van der Waals surface area contributed by atoms with E-state index in [4.69, 9.17) is 0 Å². The van der Waals surface area contributed by atoms with Gasteiger partial charge in [0.2, 0.25) is 0 Å².